The van der Waals surface area contributed by atoms with Crippen molar-refractivity contribution in [2.45, 2.75) is 52.1 Å². The summed E-state index contributed by atoms with van der Waals surface area (Å²) in [7, 11) is 0. The molecule has 1 fully saturated rings. The summed E-state index contributed by atoms with van der Waals surface area (Å²) in [4.78, 5) is 15.0. The highest BCUT2D eigenvalue weighted by Crippen LogP contribution is 2.37. The topological polar surface area (TPSA) is 72.8 Å². The van der Waals surface area contributed by atoms with Crippen LogP contribution in [0.15, 0.2) is 54.6 Å². The van der Waals surface area contributed by atoms with E-state index in [1.807, 2.05) is 12.1 Å². The van der Waals surface area contributed by atoms with Gasteiger partial charge in [0.1, 0.15) is 11.5 Å². The van der Waals surface area contributed by atoms with E-state index in [0.29, 0.717) is 29.5 Å². The molecule has 1 aliphatic rings. The number of hydrogen-bond acceptors (Lipinski definition) is 4. The zero-order chi connectivity index (χ0) is 23.3. The van der Waals surface area contributed by atoms with Crippen molar-refractivity contribution in [2.75, 3.05) is 13.1 Å². The largest absolute Gasteiger partial charge is 0.508 e. The van der Waals surface area contributed by atoms with Gasteiger partial charge in [0.15, 0.2) is 0 Å². The summed E-state index contributed by atoms with van der Waals surface area (Å²) in [5.74, 6) is 1.62. The number of carbonyl (C=O) groups is 1. The Morgan fingerprint density at radius 3 is 2.50 bits per heavy atom. The fourth-order valence-electron chi connectivity index (χ4n) is 4.59. The summed E-state index contributed by atoms with van der Waals surface area (Å²) < 4.78 is 0. The predicted octanol–water partition coefficient (Wildman–Crippen LogP) is 4.77. The van der Waals surface area contributed by atoms with E-state index in [4.69, 9.17) is 0 Å². The first-order valence-corrected chi connectivity index (χ1v) is 11.5. The third-order valence-electron chi connectivity index (χ3n) is 6.88. The summed E-state index contributed by atoms with van der Waals surface area (Å²) in [6.07, 6.45) is 4.36. The van der Waals surface area contributed by atoms with Gasteiger partial charge in [0, 0.05) is 24.7 Å². The van der Waals surface area contributed by atoms with Gasteiger partial charge in [0.2, 0.25) is 5.91 Å². The lowest BCUT2D eigenvalue weighted by Crippen LogP contribution is -2.53. The van der Waals surface area contributed by atoms with Gasteiger partial charge in [-0.2, -0.15) is 0 Å². The average molecular weight is 437 g/mol. The molecule has 0 spiro atoms. The first kappa shape index (κ1) is 23.9. The van der Waals surface area contributed by atoms with E-state index in [0.717, 1.165) is 25.1 Å². The van der Waals surface area contributed by atoms with Crippen LogP contribution in [0.3, 0.4) is 0 Å². The van der Waals surface area contributed by atoms with E-state index in [2.05, 4.69) is 44.0 Å². The Kier molecular flexibility index (Phi) is 7.97. The molecule has 1 unspecified atom stereocenters. The SMILES string of the molecule is CC(C)[C@@H](CN1CC[C@@H](c2cccc(O)c2)[C@@H](C)C1C)NC(=O)/C=C/c1ccc(O)cc1. The van der Waals surface area contributed by atoms with Crippen LogP contribution in [-0.4, -0.2) is 46.2 Å². The summed E-state index contributed by atoms with van der Waals surface area (Å²) in [6, 6.07) is 14.8. The van der Waals surface area contributed by atoms with Crippen LogP contribution in [0.5, 0.6) is 11.5 Å². The van der Waals surface area contributed by atoms with Crippen LogP contribution < -0.4 is 5.32 Å². The van der Waals surface area contributed by atoms with E-state index in [-0.39, 0.29) is 17.7 Å². The number of rotatable bonds is 7. The molecule has 1 saturated heterocycles. The Bertz CT molecular complexity index is 923. The van der Waals surface area contributed by atoms with Crippen LogP contribution in [-0.2, 0) is 4.79 Å². The number of amides is 1. The number of nitrogens with one attached hydrogen (secondary N) is 1. The molecule has 0 aliphatic carbocycles. The fourth-order valence-corrected chi connectivity index (χ4v) is 4.59. The van der Waals surface area contributed by atoms with Crippen molar-refractivity contribution < 1.29 is 15.0 Å². The molecule has 3 rings (SSSR count). The van der Waals surface area contributed by atoms with Gasteiger partial charge >= 0.3 is 0 Å². The van der Waals surface area contributed by atoms with Crippen molar-refractivity contribution in [3.05, 3.63) is 65.7 Å². The molecule has 0 aromatic heterocycles. The number of carbonyl (C=O) groups excluding carboxylic acids is 1. The second-order valence-corrected chi connectivity index (χ2v) is 9.37. The quantitative estimate of drug-likeness (QED) is 0.547. The molecule has 0 bridgehead atoms. The van der Waals surface area contributed by atoms with Crippen molar-refractivity contribution in [3.8, 4) is 11.5 Å². The van der Waals surface area contributed by atoms with Gasteiger partial charge in [0.25, 0.3) is 0 Å². The third-order valence-corrected chi connectivity index (χ3v) is 6.88. The molecule has 5 nitrogen and oxygen atoms in total. The molecular weight excluding hydrogens is 400 g/mol. The maximum absolute atomic E-state index is 12.6. The molecule has 3 N–H and O–H groups in total. The molecule has 32 heavy (non-hydrogen) atoms. The van der Waals surface area contributed by atoms with Gasteiger partial charge in [-0.3, -0.25) is 9.69 Å². The molecule has 1 heterocycles. The molecule has 2 aromatic rings. The van der Waals surface area contributed by atoms with E-state index in [1.54, 1.807) is 42.5 Å². The molecule has 0 saturated carbocycles. The number of aromatic hydroxyl groups is 2. The van der Waals surface area contributed by atoms with Gasteiger partial charge in [0.05, 0.1) is 0 Å². The van der Waals surface area contributed by atoms with E-state index >= 15 is 0 Å². The maximum atomic E-state index is 12.6. The minimum atomic E-state index is -0.105. The number of benzene rings is 2. The highest BCUT2D eigenvalue weighted by atomic mass is 16.3. The number of phenolic OH excluding ortho intramolecular Hbond substituents is 2. The second kappa shape index (κ2) is 10.7. The van der Waals surface area contributed by atoms with Crippen LogP contribution in [0.1, 0.15) is 51.2 Å². The van der Waals surface area contributed by atoms with Gasteiger partial charge in [-0.25, -0.2) is 0 Å². The highest BCUT2D eigenvalue weighted by Gasteiger charge is 2.34. The lowest BCUT2D eigenvalue weighted by molar-refractivity contribution is -0.117. The van der Waals surface area contributed by atoms with E-state index < -0.39 is 0 Å². The van der Waals surface area contributed by atoms with Gasteiger partial charge in [-0.1, -0.05) is 45.0 Å². The van der Waals surface area contributed by atoms with Gasteiger partial charge in [-0.15, -0.1) is 0 Å². The smallest absolute Gasteiger partial charge is 0.244 e. The van der Waals surface area contributed by atoms with E-state index in [9.17, 15) is 15.0 Å². The standard InChI is InChI=1S/C27H36N2O3/c1-18(2)26(28-27(32)13-10-21-8-11-23(30)12-9-21)17-29-15-14-25(19(3)20(29)4)22-6-5-7-24(31)16-22/h5-13,16,18-20,25-26,30-31H,14-15,17H2,1-4H3,(H,28,32)/b13-10+/t19-,20?,25+,26+/m0/s1. The molecule has 1 aliphatic heterocycles. The van der Waals surface area contributed by atoms with Crippen LogP contribution in [0.25, 0.3) is 6.08 Å². The zero-order valence-electron chi connectivity index (χ0n) is 19.5. The molecule has 2 aromatic carbocycles. The summed E-state index contributed by atoms with van der Waals surface area (Å²) in [5, 5.41) is 22.4. The van der Waals surface area contributed by atoms with Crippen molar-refractivity contribution >= 4 is 12.0 Å². The number of piperidine rings is 1. The molecule has 1 amide bonds. The molecular formula is C27H36N2O3. The zero-order valence-corrected chi connectivity index (χ0v) is 19.5. The van der Waals surface area contributed by atoms with Crippen LogP contribution in [0.2, 0.25) is 0 Å². The Balaban J connectivity index is 1.60. The fraction of sp³-hybridized carbons (Fsp3) is 0.444. The lowest BCUT2D eigenvalue weighted by Gasteiger charge is -2.44. The van der Waals surface area contributed by atoms with Crippen molar-refractivity contribution in [1.82, 2.24) is 10.2 Å². The Hall–Kier alpha value is -2.79. The number of hydrogen-bond donors (Lipinski definition) is 3. The van der Waals surface area contributed by atoms with Crippen molar-refractivity contribution in [1.29, 1.82) is 0 Å². The average Bonchev–Trinajstić information content (AvgIpc) is 2.76. The normalized spacial score (nSPS) is 22.8. The second-order valence-electron chi connectivity index (χ2n) is 9.37. The number of likely N-dealkylation sites (tertiary alicyclic amines) is 1. The molecule has 5 heteroatoms. The predicted molar refractivity (Wildman–Crippen MR) is 130 cm³/mol. The Morgan fingerprint density at radius 1 is 1.12 bits per heavy atom. The van der Waals surface area contributed by atoms with Crippen LogP contribution >= 0.6 is 0 Å². The summed E-state index contributed by atoms with van der Waals surface area (Å²) in [6.45, 7) is 10.6. The molecule has 4 atom stereocenters. The number of phenols is 2. The third kappa shape index (κ3) is 6.13. The molecule has 172 valence electrons. The van der Waals surface area contributed by atoms with Crippen LogP contribution in [0, 0.1) is 11.8 Å². The first-order valence-electron chi connectivity index (χ1n) is 11.5. The number of nitrogens with zero attached hydrogens (tertiary/aromatic N) is 1. The monoisotopic (exact) mass is 436 g/mol. The minimum absolute atomic E-state index is 0.0546. The van der Waals surface area contributed by atoms with Crippen LogP contribution in [0.4, 0.5) is 0 Å². The lowest BCUT2D eigenvalue weighted by atomic mass is 9.77. The highest BCUT2D eigenvalue weighted by molar-refractivity contribution is 5.91. The van der Waals surface area contributed by atoms with Gasteiger partial charge in [-0.05, 0) is 79.1 Å². The summed E-state index contributed by atoms with van der Waals surface area (Å²) in [5.41, 5.74) is 2.08. The van der Waals surface area contributed by atoms with Crippen molar-refractivity contribution in [3.63, 3.8) is 0 Å². The maximum Gasteiger partial charge on any atom is 0.244 e. The summed E-state index contributed by atoms with van der Waals surface area (Å²) >= 11 is 0. The van der Waals surface area contributed by atoms with E-state index in [1.165, 1.54) is 5.56 Å². The van der Waals surface area contributed by atoms with Gasteiger partial charge < -0.3 is 15.5 Å². The Morgan fingerprint density at radius 2 is 1.84 bits per heavy atom. The first-order chi connectivity index (χ1) is 15.2. The molecule has 0 radical (unpaired) electrons. The Labute approximate surface area is 191 Å². The minimum Gasteiger partial charge on any atom is -0.508 e. The van der Waals surface area contributed by atoms with Crippen molar-refractivity contribution in [2.24, 2.45) is 11.8 Å².